The number of aliphatic hydroxyl groups excluding tert-OH is 1. The van der Waals surface area contributed by atoms with Crippen molar-refractivity contribution in [2.75, 3.05) is 0 Å². The lowest BCUT2D eigenvalue weighted by atomic mass is 9.96. The van der Waals surface area contributed by atoms with Crippen LogP contribution in [0, 0.1) is 11.8 Å². The van der Waals surface area contributed by atoms with E-state index in [0.29, 0.717) is 12.8 Å². The van der Waals surface area contributed by atoms with Crippen LogP contribution in [0.25, 0.3) is 0 Å². The Kier molecular flexibility index (Phi) is 12.4. The normalized spacial score (nSPS) is 17.1. The molecule has 1 aromatic carbocycles. The molecule has 7 N–H and O–H groups in total. The fraction of sp³-hybridized carbons (Fsp3) is 0.600. The predicted molar refractivity (Wildman–Crippen MR) is 132 cm³/mol. The molecule has 0 saturated heterocycles. The van der Waals surface area contributed by atoms with Crippen molar-refractivity contribution in [1.29, 1.82) is 0 Å². The lowest BCUT2D eigenvalue weighted by molar-refractivity contribution is -0.144. The summed E-state index contributed by atoms with van der Waals surface area (Å²) >= 11 is 0. The van der Waals surface area contributed by atoms with Crippen molar-refractivity contribution >= 4 is 23.7 Å². The van der Waals surface area contributed by atoms with Crippen LogP contribution in [-0.4, -0.2) is 64.2 Å². The average molecular weight is 493 g/mol. The van der Waals surface area contributed by atoms with Crippen LogP contribution in [0.1, 0.15) is 53.0 Å². The fourth-order valence-corrected chi connectivity index (χ4v) is 3.50. The zero-order chi connectivity index (χ0) is 26.7. The summed E-state index contributed by atoms with van der Waals surface area (Å²) in [7, 11) is 0. The number of amides is 3. The van der Waals surface area contributed by atoms with Crippen LogP contribution in [0.3, 0.4) is 0 Å². The second kappa shape index (κ2) is 14.4. The standard InChI is InChI=1S/C25H40N4O6/c1-6-14(3)19(27-22(31)18(26)13-17-11-9-8-10-12-17)23(32)29-21(16(5)30)24(33)28-20(25(34)35)15(4)7-2/h8-12,14-16,18-21,30H,6-7,13,26H2,1-5H3,(H,27,31)(H,28,33)(H,29,32)(H,34,35). The number of benzene rings is 1. The van der Waals surface area contributed by atoms with E-state index in [0.717, 1.165) is 5.56 Å². The minimum absolute atomic E-state index is 0.284. The van der Waals surface area contributed by atoms with Gasteiger partial charge >= 0.3 is 5.97 Å². The molecule has 10 nitrogen and oxygen atoms in total. The highest BCUT2D eigenvalue weighted by atomic mass is 16.4. The average Bonchev–Trinajstić information content (AvgIpc) is 2.82. The maximum absolute atomic E-state index is 13.1. The summed E-state index contributed by atoms with van der Waals surface area (Å²) < 4.78 is 0. The number of nitrogens with two attached hydrogens (primary N) is 1. The molecule has 0 heterocycles. The van der Waals surface area contributed by atoms with Gasteiger partial charge in [-0.2, -0.15) is 0 Å². The molecule has 3 amide bonds. The first-order valence-corrected chi connectivity index (χ1v) is 12.0. The zero-order valence-corrected chi connectivity index (χ0v) is 21.2. The van der Waals surface area contributed by atoms with E-state index in [1.807, 2.05) is 37.3 Å². The van der Waals surface area contributed by atoms with Crippen LogP contribution in [-0.2, 0) is 25.6 Å². The summed E-state index contributed by atoms with van der Waals surface area (Å²) in [6, 6.07) is 4.76. The number of carbonyl (C=O) groups excluding carboxylic acids is 3. The molecule has 7 atom stereocenters. The van der Waals surface area contributed by atoms with Gasteiger partial charge in [-0.1, -0.05) is 70.9 Å². The Balaban J connectivity index is 2.97. The Bertz CT molecular complexity index is 848. The predicted octanol–water partition coefficient (Wildman–Crippen LogP) is 0.568. The molecule has 0 aliphatic rings. The SMILES string of the molecule is CCC(C)C(NC(=O)C(NC(=O)C(NC(=O)C(N)Cc1ccccc1)C(C)CC)C(C)O)C(=O)O. The lowest BCUT2D eigenvalue weighted by Gasteiger charge is -2.29. The molecule has 10 heteroatoms. The van der Waals surface area contributed by atoms with Gasteiger partial charge in [-0.3, -0.25) is 14.4 Å². The van der Waals surface area contributed by atoms with Crippen LogP contribution in [0.15, 0.2) is 30.3 Å². The summed E-state index contributed by atoms with van der Waals surface area (Å²) in [4.78, 5) is 50.2. The van der Waals surface area contributed by atoms with Gasteiger partial charge in [0.2, 0.25) is 17.7 Å². The number of nitrogens with one attached hydrogen (secondary N) is 3. The third-order valence-corrected chi connectivity index (χ3v) is 6.27. The molecule has 0 aromatic heterocycles. The summed E-state index contributed by atoms with van der Waals surface area (Å²) in [6.45, 7) is 8.42. The molecule has 0 bridgehead atoms. The summed E-state index contributed by atoms with van der Waals surface area (Å²) in [5.74, 6) is -3.88. The first-order valence-electron chi connectivity index (χ1n) is 12.0. The van der Waals surface area contributed by atoms with E-state index in [-0.39, 0.29) is 18.3 Å². The molecule has 1 rings (SSSR count). The Morgan fingerprint density at radius 3 is 1.74 bits per heavy atom. The molecule has 0 fully saturated rings. The van der Waals surface area contributed by atoms with Gasteiger partial charge in [-0.05, 0) is 30.7 Å². The highest BCUT2D eigenvalue weighted by molar-refractivity contribution is 5.94. The molecular weight excluding hydrogens is 452 g/mol. The molecule has 35 heavy (non-hydrogen) atoms. The van der Waals surface area contributed by atoms with E-state index in [1.54, 1.807) is 20.8 Å². The number of aliphatic hydroxyl groups is 1. The maximum Gasteiger partial charge on any atom is 0.326 e. The first kappa shape index (κ1) is 30.1. The van der Waals surface area contributed by atoms with Crippen molar-refractivity contribution in [1.82, 2.24) is 16.0 Å². The number of rotatable bonds is 14. The first-order chi connectivity index (χ1) is 16.4. The summed E-state index contributed by atoms with van der Waals surface area (Å²) in [6.07, 6.45) is 0.0344. The van der Waals surface area contributed by atoms with Crippen molar-refractivity contribution in [2.24, 2.45) is 17.6 Å². The van der Waals surface area contributed by atoms with Crippen molar-refractivity contribution in [2.45, 2.75) is 84.2 Å². The van der Waals surface area contributed by atoms with E-state index < -0.39 is 54.0 Å². The van der Waals surface area contributed by atoms with Gasteiger partial charge in [0.25, 0.3) is 0 Å². The number of aliphatic carboxylic acids is 1. The van der Waals surface area contributed by atoms with Gasteiger partial charge < -0.3 is 31.9 Å². The number of carboxylic acids is 1. The molecule has 0 spiro atoms. The van der Waals surface area contributed by atoms with E-state index in [2.05, 4.69) is 16.0 Å². The molecule has 0 aliphatic carbocycles. The molecule has 0 radical (unpaired) electrons. The second-order valence-corrected chi connectivity index (χ2v) is 9.10. The molecular formula is C25H40N4O6. The van der Waals surface area contributed by atoms with E-state index in [1.165, 1.54) is 6.92 Å². The topological polar surface area (TPSA) is 171 Å². The van der Waals surface area contributed by atoms with Crippen molar-refractivity contribution < 1.29 is 29.4 Å². The second-order valence-electron chi connectivity index (χ2n) is 9.10. The Labute approximate surface area is 207 Å². The fourth-order valence-electron chi connectivity index (χ4n) is 3.50. The largest absolute Gasteiger partial charge is 0.480 e. The van der Waals surface area contributed by atoms with Gasteiger partial charge in [0.1, 0.15) is 18.1 Å². The van der Waals surface area contributed by atoms with Crippen molar-refractivity contribution in [3.05, 3.63) is 35.9 Å². The zero-order valence-electron chi connectivity index (χ0n) is 21.2. The molecule has 1 aromatic rings. The van der Waals surface area contributed by atoms with Crippen LogP contribution in [0.2, 0.25) is 0 Å². The minimum Gasteiger partial charge on any atom is -0.480 e. The summed E-state index contributed by atoms with van der Waals surface area (Å²) in [5, 5.41) is 27.2. The van der Waals surface area contributed by atoms with Gasteiger partial charge in [-0.15, -0.1) is 0 Å². The number of carbonyl (C=O) groups is 4. The van der Waals surface area contributed by atoms with Gasteiger partial charge in [0.05, 0.1) is 12.1 Å². The number of carboxylic acid groups (broad SMARTS) is 1. The molecule has 0 saturated carbocycles. The molecule has 0 aliphatic heterocycles. The smallest absolute Gasteiger partial charge is 0.326 e. The van der Waals surface area contributed by atoms with Crippen LogP contribution >= 0.6 is 0 Å². The minimum atomic E-state index is -1.41. The quantitative estimate of drug-likeness (QED) is 0.220. The highest BCUT2D eigenvalue weighted by Gasteiger charge is 2.35. The number of hydrogen-bond acceptors (Lipinski definition) is 6. The van der Waals surface area contributed by atoms with Crippen LogP contribution < -0.4 is 21.7 Å². The monoisotopic (exact) mass is 492 g/mol. The summed E-state index contributed by atoms with van der Waals surface area (Å²) in [5.41, 5.74) is 6.93. The van der Waals surface area contributed by atoms with E-state index in [9.17, 15) is 29.4 Å². The van der Waals surface area contributed by atoms with E-state index >= 15 is 0 Å². The highest BCUT2D eigenvalue weighted by Crippen LogP contribution is 2.12. The Morgan fingerprint density at radius 2 is 1.26 bits per heavy atom. The van der Waals surface area contributed by atoms with Gasteiger partial charge in [0.15, 0.2) is 0 Å². The lowest BCUT2D eigenvalue weighted by Crippen LogP contribution is -2.61. The molecule has 7 unspecified atom stereocenters. The van der Waals surface area contributed by atoms with Crippen molar-refractivity contribution in [3.63, 3.8) is 0 Å². The van der Waals surface area contributed by atoms with Crippen LogP contribution in [0.4, 0.5) is 0 Å². The Morgan fingerprint density at radius 1 is 0.800 bits per heavy atom. The van der Waals surface area contributed by atoms with Crippen molar-refractivity contribution in [3.8, 4) is 0 Å². The van der Waals surface area contributed by atoms with Gasteiger partial charge in [0, 0.05) is 0 Å². The van der Waals surface area contributed by atoms with Gasteiger partial charge in [-0.25, -0.2) is 4.79 Å². The third kappa shape index (κ3) is 9.29. The Hall–Kier alpha value is -2.98. The van der Waals surface area contributed by atoms with E-state index in [4.69, 9.17) is 5.73 Å². The van der Waals surface area contributed by atoms with Crippen LogP contribution in [0.5, 0.6) is 0 Å². The molecule has 196 valence electrons. The maximum atomic E-state index is 13.1. The number of hydrogen-bond donors (Lipinski definition) is 6. The third-order valence-electron chi connectivity index (χ3n) is 6.27.